The topological polar surface area (TPSA) is 47.6 Å². The maximum absolute atomic E-state index is 11.0. The highest BCUT2D eigenvalue weighted by molar-refractivity contribution is 6.30. The third-order valence-electron chi connectivity index (χ3n) is 3.49. The summed E-state index contributed by atoms with van der Waals surface area (Å²) in [6.07, 6.45) is 4.98. The summed E-state index contributed by atoms with van der Waals surface area (Å²) >= 11 is 5.94. The van der Waals surface area contributed by atoms with Crippen LogP contribution in [0, 0.1) is 10.1 Å². The number of nitrogens with one attached hydrogen (secondary N) is 1. The molecule has 98 valence electrons. The molecular weight excluding hydrogens is 252 g/mol. The lowest BCUT2D eigenvalue weighted by molar-refractivity contribution is -0.913. The Labute approximate surface area is 112 Å². The van der Waals surface area contributed by atoms with Crippen LogP contribution in [0.3, 0.4) is 0 Å². The second kappa shape index (κ2) is 6.16. The van der Waals surface area contributed by atoms with Crippen LogP contribution in [0.2, 0.25) is 5.02 Å². The second-order valence-corrected chi connectivity index (χ2v) is 5.31. The Morgan fingerprint density at radius 2 is 1.89 bits per heavy atom. The Morgan fingerprint density at radius 1 is 1.22 bits per heavy atom. The molecule has 4 nitrogen and oxygen atoms in total. The van der Waals surface area contributed by atoms with Gasteiger partial charge in [0, 0.05) is 11.1 Å². The van der Waals surface area contributed by atoms with Crippen LogP contribution in [0.15, 0.2) is 18.2 Å². The molecule has 0 aliphatic carbocycles. The van der Waals surface area contributed by atoms with Crippen LogP contribution in [0.25, 0.3) is 0 Å². The standard InChI is InChI=1S/C13H17ClN2O2/c14-12-5-6-13(16(17)18)11(9-12)10-15-7-3-1-2-4-8-15/h5-6,9H,1-4,7-8,10H2/p+1. The summed E-state index contributed by atoms with van der Waals surface area (Å²) in [5.74, 6) is 0. The zero-order valence-electron chi connectivity index (χ0n) is 10.3. The van der Waals surface area contributed by atoms with Crippen molar-refractivity contribution >= 4 is 17.3 Å². The lowest BCUT2D eigenvalue weighted by Crippen LogP contribution is -3.10. The van der Waals surface area contributed by atoms with Crippen molar-refractivity contribution in [2.24, 2.45) is 0 Å². The van der Waals surface area contributed by atoms with Crippen molar-refractivity contribution in [3.8, 4) is 0 Å². The number of nitro groups is 1. The Kier molecular flexibility index (Phi) is 4.55. The molecule has 1 saturated heterocycles. The molecule has 0 aromatic heterocycles. The number of benzene rings is 1. The molecule has 18 heavy (non-hydrogen) atoms. The van der Waals surface area contributed by atoms with Gasteiger partial charge in [-0.05, 0) is 37.8 Å². The summed E-state index contributed by atoms with van der Waals surface area (Å²) in [6.45, 7) is 2.91. The molecule has 0 amide bonds. The zero-order valence-corrected chi connectivity index (χ0v) is 11.1. The summed E-state index contributed by atoms with van der Waals surface area (Å²) in [6, 6.07) is 4.83. The van der Waals surface area contributed by atoms with E-state index in [0.29, 0.717) is 11.6 Å². The van der Waals surface area contributed by atoms with Gasteiger partial charge in [0.1, 0.15) is 6.54 Å². The van der Waals surface area contributed by atoms with E-state index in [2.05, 4.69) is 0 Å². The zero-order chi connectivity index (χ0) is 13.0. The number of likely N-dealkylation sites (tertiary alicyclic amines) is 1. The molecular formula is C13H18ClN2O2+. The van der Waals surface area contributed by atoms with Crippen LogP contribution in [-0.2, 0) is 6.54 Å². The van der Waals surface area contributed by atoms with E-state index < -0.39 is 0 Å². The monoisotopic (exact) mass is 269 g/mol. The highest BCUT2D eigenvalue weighted by Gasteiger charge is 2.20. The van der Waals surface area contributed by atoms with Crippen molar-refractivity contribution < 1.29 is 9.82 Å². The molecule has 1 heterocycles. The van der Waals surface area contributed by atoms with Crippen molar-refractivity contribution in [2.45, 2.75) is 32.2 Å². The van der Waals surface area contributed by atoms with Gasteiger partial charge in [0.15, 0.2) is 0 Å². The fourth-order valence-electron chi connectivity index (χ4n) is 2.55. The van der Waals surface area contributed by atoms with Gasteiger partial charge < -0.3 is 4.90 Å². The Bertz CT molecular complexity index is 429. The fraction of sp³-hybridized carbons (Fsp3) is 0.538. The molecule has 1 aromatic rings. The molecule has 0 radical (unpaired) electrons. The molecule has 1 aliphatic rings. The molecule has 0 bridgehead atoms. The van der Waals surface area contributed by atoms with E-state index in [1.54, 1.807) is 12.1 Å². The predicted molar refractivity (Wildman–Crippen MR) is 71.0 cm³/mol. The van der Waals surface area contributed by atoms with Gasteiger partial charge in [-0.3, -0.25) is 10.1 Å². The lowest BCUT2D eigenvalue weighted by atomic mass is 10.1. The van der Waals surface area contributed by atoms with E-state index in [9.17, 15) is 10.1 Å². The SMILES string of the molecule is O=[N+]([O-])c1ccc(Cl)cc1C[NH+]1CCCCCC1. The minimum Gasteiger partial charge on any atom is -0.331 e. The molecule has 2 rings (SSSR count). The molecule has 0 saturated carbocycles. The number of hydrogen-bond acceptors (Lipinski definition) is 2. The summed E-state index contributed by atoms with van der Waals surface area (Å²) in [4.78, 5) is 12.1. The van der Waals surface area contributed by atoms with Gasteiger partial charge in [0.2, 0.25) is 0 Å². The Balaban J connectivity index is 2.15. The normalized spacial score (nSPS) is 17.4. The van der Waals surface area contributed by atoms with Crippen LogP contribution in [-0.4, -0.2) is 18.0 Å². The summed E-state index contributed by atoms with van der Waals surface area (Å²) in [5.41, 5.74) is 0.945. The maximum atomic E-state index is 11.0. The molecule has 5 heteroatoms. The minimum atomic E-state index is -0.317. The van der Waals surface area contributed by atoms with Crippen molar-refractivity contribution in [1.82, 2.24) is 0 Å². The largest absolute Gasteiger partial charge is 0.331 e. The van der Waals surface area contributed by atoms with Crippen molar-refractivity contribution in [2.75, 3.05) is 13.1 Å². The number of nitro benzene ring substituents is 1. The van der Waals surface area contributed by atoms with Crippen LogP contribution in [0.4, 0.5) is 5.69 Å². The number of rotatable bonds is 3. The van der Waals surface area contributed by atoms with Crippen LogP contribution in [0.5, 0.6) is 0 Å². The molecule has 1 aliphatic heterocycles. The molecule has 0 spiro atoms. The molecule has 1 aromatic carbocycles. The predicted octanol–water partition coefficient (Wildman–Crippen LogP) is 2.21. The molecule has 0 unspecified atom stereocenters. The summed E-state index contributed by atoms with van der Waals surface area (Å²) < 4.78 is 0. The summed E-state index contributed by atoms with van der Waals surface area (Å²) in [7, 11) is 0. The fourth-order valence-corrected chi connectivity index (χ4v) is 2.74. The van der Waals surface area contributed by atoms with E-state index in [1.165, 1.54) is 36.6 Å². The van der Waals surface area contributed by atoms with E-state index in [0.717, 1.165) is 18.7 Å². The summed E-state index contributed by atoms with van der Waals surface area (Å²) in [5, 5.41) is 11.6. The van der Waals surface area contributed by atoms with Gasteiger partial charge >= 0.3 is 0 Å². The maximum Gasteiger partial charge on any atom is 0.278 e. The Hall–Kier alpha value is -1.13. The minimum absolute atomic E-state index is 0.191. The third kappa shape index (κ3) is 3.43. The highest BCUT2D eigenvalue weighted by atomic mass is 35.5. The van der Waals surface area contributed by atoms with Gasteiger partial charge in [-0.25, -0.2) is 0 Å². The van der Waals surface area contributed by atoms with Gasteiger partial charge in [0.25, 0.3) is 5.69 Å². The van der Waals surface area contributed by atoms with Gasteiger partial charge in [-0.15, -0.1) is 0 Å². The quantitative estimate of drug-likeness (QED) is 0.676. The third-order valence-corrected chi connectivity index (χ3v) is 3.72. The highest BCUT2D eigenvalue weighted by Crippen LogP contribution is 2.22. The number of hydrogen-bond donors (Lipinski definition) is 1. The average Bonchev–Trinajstić information content (AvgIpc) is 2.57. The van der Waals surface area contributed by atoms with Crippen LogP contribution in [0.1, 0.15) is 31.2 Å². The molecule has 0 atom stereocenters. The van der Waals surface area contributed by atoms with Crippen LogP contribution >= 0.6 is 11.6 Å². The first-order valence-corrected chi connectivity index (χ1v) is 6.81. The van der Waals surface area contributed by atoms with E-state index in [1.807, 2.05) is 0 Å². The number of quaternary nitrogens is 1. The number of halogens is 1. The molecule has 1 fully saturated rings. The second-order valence-electron chi connectivity index (χ2n) is 4.87. The number of nitrogens with zero attached hydrogens (tertiary/aromatic N) is 1. The Morgan fingerprint density at radius 3 is 2.50 bits per heavy atom. The first-order valence-electron chi connectivity index (χ1n) is 6.43. The first-order chi connectivity index (χ1) is 8.66. The van der Waals surface area contributed by atoms with Crippen LogP contribution < -0.4 is 4.90 Å². The lowest BCUT2D eigenvalue weighted by Gasteiger charge is -2.17. The van der Waals surface area contributed by atoms with Gasteiger partial charge in [-0.2, -0.15) is 0 Å². The molecule has 1 N–H and O–H groups in total. The first kappa shape index (κ1) is 13.3. The van der Waals surface area contributed by atoms with Gasteiger partial charge in [-0.1, -0.05) is 11.6 Å². The van der Waals surface area contributed by atoms with Crippen molar-refractivity contribution in [3.05, 3.63) is 38.9 Å². The van der Waals surface area contributed by atoms with Crippen molar-refractivity contribution in [3.63, 3.8) is 0 Å². The van der Waals surface area contributed by atoms with E-state index in [4.69, 9.17) is 11.6 Å². The average molecular weight is 270 g/mol. The van der Waals surface area contributed by atoms with Crippen molar-refractivity contribution in [1.29, 1.82) is 0 Å². The van der Waals surface area contributed by atoms with E-state index in [-0.39, 0.29) is 10.6 Å². The van der Waals surface area contributed by atoms with E-state index >= 15 is 0 Å². The smallest absolute Gasteiger partial charge is 0.278 e. The van der Waals surface area contributed by atoms with Gasteiger partial charge in [0.05, 0.1) is 23.6 Å².